The second-order valence-corrected chi connectivity index (χ2v) is 6.51. The molecular weight excluding hydrogens is 397 g/mol. The average molecular weight is 416 g/mol. The van der Waals surface area contributed by atoms with Gasteiger partial charge in [0.15, 0.2) is 0 Å². The lowest BCUT2D eigenvalue weighted by Crippen LogP contribution is -2.13. The van der Waals surface area contributed by atoms with Gasteiger partial charge in [0.2, 0.25) is 0 Å². The van der Waals surface area contributed by atoms with Crippen molar-refractivity contribution >= 4 is 34.2 Å². The normalized spacial score (nSPS) is 10.6. The average Bonchev–Trinajstić information content (AvgIpc) is 2.48. The van der Waals surface area contributed by atoms with E-state index in [-0.39, 0.29) is 0 Å². The van der Waals surface area contributed by atoms with Gasteiger partial charge in [0.1, 0.15) is 12.4 Å². The molecule has 0 fully saturated rings. The standard InChI is InChI=1S/C17H19ClINO/c1-2-9-20-11-14-5-8-17(16(18)10-14)21-12-13-3-6-15(19)7-4-13/h3-8,10,20H,2,9,11-12H2,1H3. The first kappa shape index (κ1) is 16.6. The molecule has 0 atom stereocenters. The molecule has 0 aliphatic rings. The third-order valence-electron chi connectivity index (χ3n) is 3.06. The van der Waals surface area contributed by atoms with Crippen LogP contribution in [0.25, 0.3) is 0 Å². The Morgan fingerprint density at radius 3 is 2.48 bits per heavy atom. The number of ether oxygens (including phenoxy) is 1. The molecule has 0 aliphatic carbocycles. The van der Waals surface area contributed by atoms with Gasteiger partial charge in [-0.05, 0) is 70.9 Å². The van der Waals surface area contributed by atoms with Crippen LogP contribution in [0.4, 0.5) is 0 Å². The maximum absolute atomic E-state index is 6.28. The van der Waals surface area contributed by atoms with Gasteiger partial charge in [0.25, 0.3) is 0 Å². The Hall–Kier alpha value is -0.780. The van der Waals surface area contributed by atoms with Crippen LogP contribution in [0.2, 0.25) is 5.02 Å². The maximum atomic E-state index is 6.28. The molecular formula is C17H19ClINO. The Kier molecular flexibility index (Phi) is 6.80. The van der Waals surface area contributed by atoms with Crippen LogP contribution in [0, 0.1) is 3.57 Å². The molecule has 112 valence electrons. The SMILES string of the molecule is CCCNCc1ccc(OCc2ccc(I)cc2)c(Cl)c1. The zero-order chi connectivity index (χ0) is 15.1. The van der Waals surface area contributed by atoms with Gasteiger partial charge in [-0.1, -0.05) is 36.7 Å². The van der Waals surface area contributed by atoms with Gasteiger partial charge >= 0.3 is 0 Å². The van der Waals surface area contributed by atoms with E-state index >= 15 is 0 Å². The van der Waals surface area contributed by atoms with Crippen LogP contribution in [0.5, 0.6) is 5.75 Å². The lowest BCUT2D eigenvalue weighted by atomic mass is 10.2. The summed E-state index contributed by atoms with van der Waals surface area (Å²) in [5.41, 5.74) is 2.32. The second-order valence-electron chi connectivity index (χ2n) is 4.86. The molecule has 0 aromatic heterocycles. The van der Waals surface area contributed by atoms with Crippen LogP contribution in [0.1, 0.15) is 24.5 Å². The molecule has 2 aromatic rings. The van der Waals surface area contributed by atoms with Crippen molar-refractivity contribution in [3.8, 4) is 5.75 Å². The van der Waals surface area contributed by atoms with Crippen molar-refractivity contribution in [1.82, 2.24) is 5.32 Å². The van der Waals surface area contributed by atoms with E-state index < -0.39 is 0 Å². The highest BCUT2D eigenvalue weighted by Gasteiger charge is 2.04. The smallest absolute Gasteiger partial charge is 0.138 e. The van der Waals surface area contributed by atoms with E-state index in [1.807, 2.05) is 12.1 Å². The molecule has 21 heavy (non-hydrogen) atoms. The molecule has 2 rings (SSSR count). The first-order valence-corrected chi connectivity index (χ1v) is 8.51. The molecule has 2 aromatic carbocycles. The summed E-state index contributed by atoms with van der Waals surface area (Å²) < 4.78 is 7.01. The minimum atomic E-state index is 0.532. The van der Waals surface area contributed by atoms with Crippen LogP contribution in [0.3, 0.4) is 0 Å². The fourth-order valence-corrected chi connectivity index (χ4v) is 2.54. The van der Waals surface area contributed by atoms with Crippen molar-refractivity contribution in [1.29, 1.82) is 0 Å². The van der Waals surface area contributed by atoms with Crippen molar-refractivity contribution in [2.45, 2.75) is 26.5 Å². The van der Waals surface area contributed by atoms with Crippen molar-refractivity contribution < 1.29 is 4.74 Å². The quantitative estimate of drug-likeness (QED) is 0.506. The second kappa shape index (κ2) is 8.61. The Balaban J connectivity index is 1.92. The fourth-order valence-electron chi connectivity index (χ4n) is 1.92. The molecule has 0 aliphatic heterocycles. The van der Waals surface area contributed by atoms with E-state index in [2.05, 4.69) is 65.2 Å². The topological polar surface area (TPSA) is 21.3 Å². The predicted octanol–water partition coefficient (Wildman–Crippen LogP) is 5.02. The molecule has 0 unspecified atom stereocenters. The van der Waals surface area contributed by atoms with Crippen molar-refractivity contribution in [2.75, 3.05) is 6.54 Å². The van der Waals surface area contributed by atoms with Crippen LogP contribution in [-0.4, -0.2) is 6.54 Å². The van der Waals surface area contributed by atoms with Crippen molar-refractivity contribution in [3.63, 3.8) is 0 Å². The van der Waals surface area contributed by atoms with Gasteiger partial charge in [0, 0.05) is 10.1 Å². The summed E-state index contributed by atoms with van der Waals surface area (Å²) in [5.74, 6) is 0.731. The van der Waals surface area contributed by atoms with Gasteiger partial charge in [-0.15, -0.1) is 0 Å². The highest BCUT2D eigenvalue weighted by Crippen LogP contribution is 2.26. The Labute approximate surface area is 145 Å². The van der Waals surface area contributed by atoms with Gasteiger partial charge in [-0.25, -0.2) is 0 Å². The molecule has 0 saturated carbocycles. The van der Waals surface area contributed by atoms with E-state index in [1.165, 1.54) is 9.13 Å². The third-order valence-corrected chi connectivity index (χ3v) is 4.07. The Morgan fingerprint density at radius 2 is 1.81 bits per heavy atom. The molecule has 0 heterocycles. The summed E-state index contributed by atoms with van der Waals surface area (Å²) in [6.07, 6.45) is 1.13. The third kappa shape index (κ3) is 5.49. The molecule has 0 radical (unpaired) electrons. The lowest BCUT2D eigenvalue weighted by molar-refractivity contribution is 0.306. The number of hydrogen-bond donors (Lipinski definition) is 1. The van der Waals surface area contributed by atoms with Crippen LogP contribution in [-0.2, 0) is 13.2 Å². The Morgan fingerprint density at radius 1 is 1.10 bits per heavy atom. The summed E-state index contributed by atoms with van der Waals surface area (Å²) in [7, 11) is 0. The summed E-state index contributed by atoms with van der Waals surface area (Å²) in [5, 5.41) is 4.02. The van der Waals surface area contributed by atoms with E-state index in [4.69, 9.17) is 16.3 Å². The van der Waals surface area contributed by atoms with E-state index in [0.29, 0.717) is 11.6 Å². The largest absolute Gasteiger partial charge is 0.487 e. The first-order valence-electron chi connectivity index (χ1n) is 7.05. The molecule has 0 amide bonds. The number of halogens is 2. The first-order chi connectivity index (χ1) is 10.2. The summed E-state index contributed by atoms with van der Waals surface area (Å²) in [6, 6.07) is 14.2. The highest BCUT2D eigenvalue weighted by molar-refractivity contribution is 14.1. The molecule has 0 bridgehead atoms. The minimum Gasteiger partial charge on any atom is -0.487 e. The molecule has 1 N–H and O–H groups in total. The van der Waals surface area contributed by atoms with Gasteiger partial charge in [0.05, 0.1) is 5.02 Å². The highest BCUT2D eigenvalue weighted by atomic mass is 127. The number of benzene rings is 2. The minimum absolute atomic E-state index is 0.532. The fraction of sp³-hybridized carbons (Fsp3) is 0.294. The maximum Gasteiger partial charge on any atom is 0.138 e. The number of hydrogen-bond acceptors (Lipinski definition) is 2. The summed E-state index contributed by atoms with van der Waals surface area (Å²) >= 11 is 8.57. The molecule has 0 saturated heterocycles. The van der Waals surface area contributed by atoms with Gasteiger partial charge < -0.3 is 10.1 Å². The van der Waals surface area contributed by atoms with Crippen LogP contribution >= 0.6 is 34.2 Å². The van der Waals surface area contributed by atoms with Crippen LogP contribution < -0.4 is 10.1 Å². The Bertz CT molecular complexity index is 572. The number of nitrogens with one attached hydrogen (secondary N) is 1. The van der Waals surface area contributed by atoms with Crippen molar-refractivity contribution in [2.24, 2.45) is 0 Å². The van der Waals surface area contributed by atoms with Gasteiger partial charge in [-0.2, -0.15) is 0 Å². The molecule has 0 spiro atoms. The predicted molar refractivity (Wildman–Crippen MR) is 96.9 cm³/mol. The van der Waals surface area contributed by atoms with Crippen molar-refractivity contribution in [3.05, 3.63) is 62.2 Å². The van der Waals surface area contributed by atoms with Gasteiger partial charge in [-0.3, -0.25) is 0 Å². The summed E-state index contributed by atoms with van der Waals surface area (Å²) in [6.45, 7) is 4.54. The zero-order valence-electron chi connectivity index (χ0n) is 12.0. The summed E-state index contributed by atoms with van der Waals surface area (Å²) in [4.78, 5) is 0. The zero-order valence-corrected chi connectivity index (χ0v) is 14.9. The molecule has 4 heteroatoms. The lowest BCUT2D eigenvalue weighted by Gasteiger charge is -2.10. The van der Waals surface area contributed by atoms with Crippen LogP contribution in [0.15, 0.2) is 42.5 Å². The van der Waals surface area contributed by atoms with E-state index in [0.717, 1.165) is 30.8 Å². The molecule has 2 nitrogen and oxygen atoms in total. The van der Waals surface area contributed by atoms with E-state index in [9.17, 15) is 0 Å². The number of rotatable bonds is 7. The monoisotopic (exact) mass is 415 g/mol. The van der Waals surface area contributed by atoms with E-state index in [1.54, 1.807) is 0 Å².